The van der Waals surface area contributed by atoms with Crippen LogP contribution in [0.3, 0.4) is 0 Å². The Morgan fingerprint density at radius 2 is 1.67 bits per heavy atom. The summed E-state index contributed by atoms with van der Waals surface area (Å²) in [6, 6.07) is 16.3. The summed E-state index contributed by atoms with van der Waals surface area (Å²) in [7, 11) is -4.00. The van der Waals surface area contributed by atoms with Crippen molar-refractivity contribution < 1.29 is 18.4 Å². The van der Waals surface area contributed by atoms with Gasteiger partial charge in [-0.25, -0.2) is 13.9 Å². The maximum absolute atomic E-state index is 13.4. The van der Waals surface area contributed by atoms with Crippen LogP contribution >= 0.6 is 24.2 Å². The molecule has 9 heteroatoms. The topological polar surface area (TPSA) is 86.7 Å². The molecule has 1 heterocycles. The molecule has 0 bridgehead atoms. The maximum Gasteiger partial charge on any atom is 0.265 e. The average molecular weight is 469 g/mol. The molecule has 162 valence electrons. The first kappa shape index (κ1) is 24.4. The number of amides is 1. The average Bonchev–Trinajstić information content (AvgIpc) is 2.75. The molecule has 1 saturated heterocycles. The van der Waals surface area contributed by atoms with E-state index in [9.17, 15) is 18.4 Å². The molecule has 0 saturated carbocycles. The third kappa shape index (κ3) is 4.90. The van der Waals surface area contributed by atoms with Crippen LogP contribution < -0.4 is 5.48 Å². The van der Waals surface area contributed by atoms with E-state index in [0.717, 1.165) is 9.79 Å². The van der Waals surface area contributed by atoms with Gasteiger partial charge in [0.15, 0.2) is 14.6 Å². The summed E-state index contributed by atoms with van der Waals surface area (Å²) in [5.41, 5.74) is 1.58. The van der Waals surface area contributed by atoms with Crippen LogP contribution in [-0.4, -0.2) is 48.8 Å². The Morgan fingerprint density at radius 1 is 1.10 bits per heavy atom. The summed E-state index contributed by atoms with van der Waals surface area (Å²) in [6.45, 7) is 5.19. The molecule has 2 aromatic rings. The van der Waals surface area contributed by atoms with Crippen LogP contribution in [0.1, 0.15) is 12.8 Å². The van der Waals surface area contributed by atoms with Gasteiger partial charge in [-0.15, -0.1) is 19.0 Å². The van der Waals surface area contributed by atoms with Crippen LogP contribution in [0.2, 0.25) is 0 Å². The number of carbonyl (C=O) groups is 1. The minimum absolute atomic E-state index is 0. The van der Waals surface area contributed by atoms with Gasteiger partial charge in [0.25, 0.3) is 5.91 Å². The highest BCUT2D eigenvalue weighted by Gasteiger charge is 2.52. The molecule has 1 fully saturated rings. The molecule has 30 heavy (non-hydrogen) atoms. The molecule has 1 amide bonds. The van der Waals surface area contributed by atoms with Crippen molar-refractivity contribution in [2.24, 2.45) is 0 Å². The Bertz CT molecular complexity index is 958. The molecule has 0 spiro atoms. The Morgan fingerprint density at radius 3 is 2.20 bits per heavy atom. The minimum atomic E-state index is -4.00. The molecule has 0 radical (unpaired) electrons. The molecule has 3 rings (SSSR count). The van der Waals surface area contributed by atoms with Gasteiger partial charge in [-0.2, -0.15) is 0 Å². The number of hydroxylamine groups is 1. The van der Waals surface area contributed by atoms with Gasteiger partial charge >= 0.3 is 0 Å². The Kier molecular flexibility index (Phi) is 8.52. The highest BCUT2D eigenvalue weighted by molar-refractivity contribution is 7.99. The number of rotatable bonds is 7. The predicted molar refractivity (Wildman–Crippen MR) is 120 cm³/mol. The normalized spacial score (nSPS) is 16.3. The smallest absolute Gasteiger partial charge is 0.265 e. The largest absolute Gasteiger partial charge is 0.300 e. The minimum Gasteiger partial charge on any atom is -0.300 e. The lowest BCUT2D eigenvalue weighted by Crippen LogP contribution is -2.57. The first-order chi connectivity index (χ1) is 13.9. The quantitative estimate of drug-likeness (QED) is 0.367. The number of halogens is 1. The van der Waals surface area contributed by atoms with Gasteiger partial charge in [0, 0.05) is 29.4 Å². The van der Waals surface area contributed by atoms with E-state index in [-0.39, 0.29) is 30.1 Å². The fraction of sp³-hybridized carbons (Fsp3) is 0.286. The van der Waals surface area contributed by atoms with E-state index in [1.54, 1.807) is 23.7 Å². The fourth-order valence-electron chi connectivity index (χ4n) is 3.54. The molecule has 1 aliphatic heterocycles. The zero-order valence-corrected chi connectivity index (χ0v) is 18.8. The van der Waals surface area contributed by atoms with E-state index in [4.69, 9.17) is 0 Å². The monoisotopic (exact) mass is 468 g/mol. The van der Waals surface area contributed by atoms with Crippen molar-refractivity contribution in [3.8, 4) is 0 Å². The van der Waals surface area contributed by atoms with E-state index in [0.29, 0.717) is 19.6 Å². The number of nitrogens with zero attached hydrogens (tertiary/aromatic N) is 1. The van der Waals surface area contributed by atoms with Crippen molar-refractivity contribution in [3.63, 3.8) is 0 Å². The molecular weight excluding hydrogens is 444 g/mol. The summed E-state index contributed by atoms with van der Waals surface area (Å²) in [6.07, 6.45) is 1.96. The van der Waals surface area contributed by atoms with E-state index in [1.807, 2.05) is 35.2 Å². The lowest BCUT2D eigenvalue weighted by Gasteiger charge is -2.39. The van der Waals surface area contributed by atoms with Crippen LogP contribution in [0, 0.1) is 0 Å². The van der Waals surface area contributed by atoms with Gasteiger partial charge in [0.05, 0.1) is 4.90 Å². The summed E-state index contributed by atoms with van der Waals surface area (Å²) < 4.78 is 25.2. The Labute approximate surface area is 187 Å². The molecule has 0 aromatic heterocycles. The number of nitrogens with one attached hydrogen (secondary N) is 1. The van der Waals surface area contributed by atoms with Crippen LogP contribution in [-0.2, 0) is 14.6 Å². The van der Waals surface area contributed by atoms with Gasteiger partial charge < -0.3 is 0 Å². The van der Waals surface area contributed by atoms with E-state index in [2.05, 4.69) is 6.58 Å². The molecule has 2 N–H and O–H groups in total. The highest BCUT2D eigenvalue weighted by Crippen LogP contribution is 2.37. The second-order valence-corrected chi connectivity index (χ2v) is 10.3. The van der Waals surface area contributed by atoms with Crippen LogP contribution in [0.5, 0.6) is 0 Å². The highest BCUT2D eigenvalue weighted by atomic mass is 35.5. The zero-order chi connectivity index (χ0) is 20.9. The van der Waals surface area contributed by atoms with Gasteiger partial charge in [-0.05, 0) is 49.2 Å². The molecule has 0 unspecified atom stereocenters. The zero-order valence-electron chi connectivity index (χ0n) is 16.4. The van der Waals surface area contributed by atoms with Crippen LogP contribution in [0.25, 0.3) is 0 Å². The lowest BCUT2D eigenvalue weighted by atomic mass is 9.95. The predicted octanol–water partition coefficient (Wildman–Crippen LogP) is 3.56. The van der Waals surface area contributed by atoms with Crippen LogP contribution in [0.15, 0.2) is 81.9 Å². The van der Waals surface area contributed by atoms with E-state index in [1.165, 1.54) is 23.9 Å². The third-order valence-electron chi connectivity index (χ3n) is 5.19. The van der Waals surface area contributed by atoms with E-state index >= 15 is 0 Å². The lowest BCUT2D eigenvalue weighted by molar-refractivity contribution is -0.133. The summed E-state index contributed by atoms with van der Waals surface area (Å²) in [5, 5.41) is 9.24. The van der Waals surface area contributed by atoms with E-state index < -0.39 is 20.5 Å². The molecule has 6 nitrogen and oxygen atoms in total. The van der Waals surface area contributed by atoms with Gasteiger partial charge in [-0.3, -0.25) is 14.9 Å². The van der Waals surface area contributed by atoms with Crippen molar-refractivity contribution in [2.45, 2.75) is 32.3 Å². The van der Waals surface area contributed by atoms with Crippen molar-refractivity contribution >= 4 is 39.9 Å². The summed E-state index contributed by atoms with van der Waals surface area (Å²) >= 11 is 1.53. The van der Waals surface area contributed by atoms with Crippen LogP contribution in [0.4, 0.5) is 0 Å². The first-order valence-electron chi connectivity index (χ1n) is 9.28. The summed E-state index contributed by atoms with van der Waals surface area (Å²) in [5.74, 6) is -0.876. The van der Waals surface area contributed by atoms with Gasteiger partial charge in [-0.1, -0.05) is 36.0 Å². The Hall–Kier alpha value is -1.84. The standard InChI is InChI=1S/C21H24N2O4S2.ClH/c1-2-14-23-15-12-21(13-16-23,20(24)22-25)29(26,27)19-10-8-18(9-11-19)28-17-6-4-3-5-7-17;/h2-11,25H,1,12-16H2,(H,22,24);1H. The third-order valence-corrected chi connectivity index (χ3v) is 8.72. The number of hydrogen-bond donors (Lipinski definition) is 2. The second kappa shape index (κ2) is 10.5. The van der Waals surface area contributed by atoms with Crippen molar-refractivity contribution in [3.05, 3.63) is 67.3 Å². The number of sulfone groups is 1. The SMILES string of the molecule is C=CCN1CCC(C(=O)NO)(S(=O)(=O)c2ccc(Sc3ccccc3)cc2)CC1.Cl. The maximum atomic E-state index is 13.4. The fourth-order valence-corrected chi connectivity index (χ4v) is 6.33. The number of likely N-dealkylation sites (tertiary alicyclic amines) is 1. The van der Waals surface area contributed by atoms with Gasteiger partial charge in [0.1, 0.15) is 0 Å². The molecule has 1 aliphatic rings. The molecule has 0 atom stereocenters. The van der Waals surface area contributed by atoms with Gasteiger partial charge in [0.2, 0.25) is 0 Å². The number of hydrogen-bond acceptors (Lipinski definition) is 6. The number of carbonyl (C=O) groups excluding carboxylic acids is 1. The summed E-state index contributed by atoms with van der Waals surface area (Å²) in [4.78, 5) is 16.6. The Balaban J connectivity index is 0.00000320. The van der Waals surface area contributed by atoms with Crippen molar-refractivity contribution in [1.82, 2.24) is 10.4 Å². The molecule has 2 aromatic carbocycles. The number of benzene rings is 2. The molecular formula is C21H25ClN2O4S2. The van der Waals surface area contributed by atoms with Crippen molar-refractivity contribution in [2.75, 3.05) is 19.6 Å². The first-order valence-corrected chi connectivity index (χ1v) is 11.6. The molecule has 0 aliphatic carbocycles. The second-order valence-electron chi connectivity index (χ2n) is 6.91. The number of piperidine rings is 1. The van der Waals surface area contributed by atoms with Crippen molar-refractivity contribution in [1.29, 1.82) is 0 Å².